The van der Waals surface area contributed by atoms with Crippen LogP contribution in [0.25, 0.3) is 0 Å². The second kappa shape index (κ2) is 5.23. The summed E-state index contributed by atoms with van der Waals surface area (Å²) in [6.07, 6.45) is 1.79. The maximum absolute atomic E-state index is 11.8. The van der Waals surface area contributed by atoms with Crippen molar-refractivity contribution >= 4 is 11.9 Å². The molecule has 2 bridgehead atoms. The van der Waals surface area contributed by atoms with Gasteiger partial charge in [-0.25, -0.2) is 4.79 Å². The molecule has 3 heterocycles. The quantitative estimate of drug-likeness (QED) is 0.422. The molecule has 0 saturated carbocycles. The van der Waals surface area contributed by atoms with Gasteiger partial charge >= 0.3 is 11.9 Å². The predicted octanol–water partition coefficient (Wildman–Crippen LogP) is 2.30. The summed E-state index contributed by atoms with van der Waals surface area (Å²) in [5.74, 6) is -0.702. The van der Waals surface area contributed by atoms with E-state index in [-0.39, 0.29) is 36.2 Å². The molecule has 0 amide bonds. The van der Waals surface area contributed by atoms with Gasteiger partial charge in [-0.3, -0.25) is 4.79 Å². The molecule has 0 radical (unpaired) electrons. The molecule has 0 N–H and O–H groups in total. The van der Waals surface area contributed by atoms with Crippen LogP contribution < -0.4 is 0 Å². The zero-order valence-electron chi connectivity index (χ0n) is 13.1. The van der Waals surface area contributed by atoms with E-state index in [4.69, 9.17) is 14.2 Å². The highest BCUT2D eigenvalue weighted by atomic mass is 16.6. The maximum Gasteiger partial charge on any atom is 0.334 e. The van der Waals surface area contributed by atoms with E-state index in [2.05, 4.69) is 13.2 Å². The molecule has 5 unspecified atom stereocenters. The van der Waals surface area contributed by atoms with Crippen LogP contribution in [0, 0.1) is 5.92 Å². The number of ether oxygens (including phenoxy) is 3. The van der Waals surface area contributed by atoms with E-state index in [1.807, 2.05) is 6.92 Å². The van der Waals surface area contributed by atoms with Crippen LogP contribution in [-0.4, -0.2) is 35.9 Å². The molecule has 3 saturated heterocycles. The van der Waals surface area contributed by atoms with Gasteiger partial charge in [0.1, 0.15) is 17.8 Å². The summed E-state index contributed by atoms with van der Waals surface area (Å²) in [5, 5.41) is 0. The molecule has 5 nitrogen and oxygen atoms in total. The Morgan fingerprint density at radius 3 is 2.82 bits per heavy atom. The Bertz CT molecular complexity index is 551. The number of carbonyl (C=O) groups excluding carboxylic acids is 2. The number of fused-ring (bicyclic) bond motifs is 3. The Morgan fingerprint density at radius 1 is 1.41 bits per heavy atom. The summed E-state index contributed by atoms with van der Waals surface area (Å²) in [4.78, 5) is 23.3. The molecule has 3 aliphatic heterocycles. The molecule has 0 aromatic rings. The first kappa shape index (κ1) is 15.3. The topological polar surface area (TPSA) is 61.8 Å². The van der Waals surface area contributed by atoms with Gasteiger partial charge < -0.3 is 14.2 Å². The second-order valence-corrected chi connectivity index (χ2v) is 6.73. The molecule has 0 aromatic carbocycles. The molecule has 0 aromatic heterocycles. The average Bonchev–Trinajstić information content (AvgIpc) is 2.58. The van der Waals surface area contributed by atoms with Crippen molar-refractivity contribution in [3.63, 3.8) is 0 Å². The van der Waals surface area contributed by atoms with Crippen LogP contribution in [0.5, 0.6) is 0 Å². The highest BCUT2D eigenvalue weighted by Gasteiger charge is 2.52. The maximum atomic E-state index is 11.8. The normalized spacial score (nSPS) is 41.3. The SMILES string of the molecule is C=C1CCC(OC(C)=O)C2(C)CC3OC(=O)C(=C)C3CC1O2. The van der Waals surface area contributed by atoms with E-state index in [9.17, 15) is 9.59 Å². The first-order chi connectivity index (χ1) is 10.3. The van der Waals surface area contributed by atoms with E-state index in [1.54, 1.807) is 0 Å². The Kier molecular flexibility index (Phi) is 3.63. The Hall–Kier alpha value is -1.62. The molecule has 120 valence electrons. The second-order valence-electron chi connectivity index (χ2n) is 6.73. The number of carbonyl (C=O) groups is 2. The van der Waals surface area contributed by atoms with E-state index in [0.717, 1.165) is 12.0 Å². The van der Waals surface area contributed by atoms with Gasteiger partial charge in [0.15, 0.2) is 0 Å². The molecule has 22 heavy (non-hydrogen) atoms. The minimum atomic E-state index is -0.680. The zero-order chi connectivity index (χ0) is 16.1. The summed E-state index contributed by atoms with van der Waals surface area (Å²) in [7, 11) is 0. The fourth-order valence-electron chi connectivity index (χ4n) is 3.82. The largest absolute Gasteiger partial charge is 0.459 e. The van der Waals surface area contributed by atoms with Crippen molar-refractivity contribution in [1.29, 1.82) is 0 Å². The van der Waals surface area contributed by atoms with Crippen molar-refractivity contribution in [3.05, 3.63) is 24.3 Å². The first-order valence-corrected chi connectivity index (χ1v) is 7.72. The standard InChI is InChI=1S/C17H22O5/c1-9-5-6-15(20-11(3)18)17(4)8-14-12(7-13(9)22-17)10(2)16(19)21-14/h12-15H,1-2,5-8H2,3-4H3. The minimum absolute atomic E-state index is 0.0489. The van der Waals surface area contributed by atoms with Crippen molar-refractivity contribution in [2.45, 2.75) is 63.4 Å². The third-order valence-corrected chi connectivity index (χ3v) is 5.08. The summed E-state index contributed by atoms with van der Waals surface area (Å²) in [6.45, 7) is 11.3. The van der Waals surface area contributed by atoms with Gasteiger partial charge in [0.2, 0.25) is 0 Å². The van der Waals surface area contributed by atoms with Crippen molar-refractivity contribution in [2.75, 3.05) is 0 Å². The molecule has 0 aliphatic carbocycles. The Labute approximate surface area is 130 Å². The molecule has 3 rings (SSSR count). The van der Waals surface area contributed by atoms with Gasteiger partial charge in [0.25, 0.3) is 0 Å². The predicted molar refractivity (Wildman–Crippen MR) is 79.0 cm³/mol. The smallest absolute Gasteiger partial charge is 0.334 e. The van der Waals surface area contributed by atoms with Gasteiger partial charge in [-0.05, 0) is 31.8 Å². The van der Waals surface area contributed by atoms with E-state index in [0.29, 0.717) is 24.8 Å². The Morgan fingerprint density at radius 2 is 2.14 bits per heavy atom. The van der Waals surface area contributed by atoms with Crippen LogP contribution in [0.2, 0.25) is 0 Å². The summed E-state index contributed by atoms with van der Waals surface area (Å²) in [6, 6.07) is 0. The van der Waals surface area contributed by atoms with Crippen molar-refractivity contribution in [2.24, 2.45) is 5.92 Å². The average molecular weight is 306 g/mol. The number of esters is 2. The van der Waals surface area contributed by atoms with Crippen LogP contribution in [-0.2, 0) is 23.8 Å². The zero-order valence-corrected chi connectivity index (χ0v) is 13.1. The van der Waals surface area contributed by atoms with Crippen LogP contribution in [0.4, 0.5) is 0 Å². The number of hydrogen-bond acceptors (Lipinski definition) is 5. The minimum Gasteiger partial charge on any atom is -0.459 e. The van der Waals surface area contributed by atoms with Crippen molar-refractivity contribution < 1.29 is 23.8 Å². The van der Waals surface area contributed by atoms with E-state index in [1.165, 1.54) is 6.92 Å². The lowest BCUT2D eigenvalue weighted by atomic mass is 9.81. The highest BCUT2D eigenvalue weighted by molar-refractivity contribution is 5.90. The van der Waals surface area contributed by atoms with Gasteiger partial charge in [-0.15, -0.1) is 0 Å². The molecular weight excluding hydrogens is 284 g/mol. The molecular formula is C17H22O5. The lowest BCUT2D eigenvalue weighted by Gasteiger charge is -2.36. The molecule has 5 atom stereocenters. The fraction of sp³-hybridized carbons (Fsp3) is 0.647. The fourth-order valence-corrected chi connectivity index (χ4v) is 3.82. The van der Waals surface area contributed by atoms with Crippen LogP contribution in [0.15, 0.2) is 24.3 Å². The monoisotopic (exact) mass is 306 g/mol. The van der Waals surface area contributed by atoms with Gasteiger partial charge in [0, 0.05) is 24.8 Å². The molecule has 3 aliphatic rings. The highest BCUT2D eigenvalue weighted by Crippen LogP contribution is 2.46. The Balaban J connectivity index is 1.95. The molecule has 3 fully saturated rings. The van der Waals surface area contributed by atoms with Gasteiger partial charge in [0.05, 0.1) is 6.10 Å². The summed E-state index contributed by atoms with van der Waals surface area (Å²) < 4.78 is 17.3. The third-order valence-electron chi connectivity index (χ3n) is 5.08. The van der Waals surface area contributed by atoms with Crippen molar-refractivity contribution in [1.82, 2.24) is 0 Å². The van der Waals surface area contributed by atoms with Gasteiger partial charge in [-0.2, -0.15) is 0 Å². The number of hydrogen-bond donors (Lipinski definition) is 0. The third kappa shape index (κ3) is 2.47. The van der Waals surface area contributed by atoms with Crippen LogP contribution >= 0.6 is 0 Å². The molecule has 5 heteroatoms. The van der Waals surface area contributed by atoms with Crippen molar-refractivity contribution in [3.8, 4) is 0 Å². The first-order valence-electron chi connectivity index (χ1n) is 7.72. The van der Waals surface area contributed by atoms with Gasteiger partial charge in [-0.1, -0.05) is 13.2 Å². The molecule has 0 spiro atoms. The summed E-state index contributed by atoms with van der Waals surface area (Å²) >= 11 is 0. The van der Waals surface area contributed by atoms with E-state index >= 15 is 0 Å². The lowest BCUT2D eigenvalue weighted by molar-refractivity contribution is -0.177. The number of rotatable bonds is 1. The van der Waals surface area contributed by atoms with Crippen LogP contribution in [0.1, 0.15) is 39.5 Å². The summed E-state index contributed by atoms with van der Waals surface area (Å²) in [5.41, 5.74) is 0.814. The van der Waals surface area contributed by atoms with Crippen LogP contribution in [0.3, 0.4) is 0 Å². The lowest BCUT2D eigenvalue weighted by Crippen LogP contribution is -2.46. The van der Waals surface area contributed by atoms with E-state index < -0.39 is 5.60 Å².